The van der Waals surface area contributed by atoms with Gasteiger partial charge in [0.2, 0.25) is 10.0 Å². The van der Waals surface area contributed by atoms with Crippen LogP contribution in [0, 0.1) is 11.3 Å². The molecular formula is C8H13F3N2O2S. The molecule has 0 N–H and O–H groups in total. The Labute approximate surface area is 92.7 Å². The highest BCUT2D eigenvalue weighted by atomic mass is 32.2. The molecule has 0 rings (SSSR count). The van der Waals surface area contributed by atoms with Crippen LogP contribution in [0.1, 0.15) is 19.8 Å². The van der Waals surface area contributed by atoms with E-state index in [1.165, 1.54) is 6.92 Å². The molecule has 16 heavy (non-hydrogen) atoms. The molecule has 0 fully saturated rings. The first-order chi connectivity index (χ1) is 7.23. The first kappa shape index (κ1) is 15.2. The molecule has 0 aromatic rings. The summed E-state index contributed by atoms with van der Waals surface area (Å²) in [5, 5.41) is 8.35. The van der Waals surface area contributed by atoms with E-state index < -0.39 is 34.8 Å². The summed E-state index contributed by atoms with van der Waals surface area (Å²) < 4.78 is 59.2. The SMILES string of the molecule is CCN(CC#N)S(=O)(=O)CCCC(F)(F)F. The van der Waals surface area contributed by atoms with E-state index in [0.29, 0.717) is 0 Å². The normalized spacial score (nSPS) is 12.8. The summed E-state index contributed by atoms with van der Waals surface area (Å²) in [6.45, 7) is 1.28. The van der Waals surface area contributed by atoms with Gasteiger partial charge < -0.3 is 0 Å². The molecule has 0 amide bonds. The third-order valence-corrected chi connectivity index (χ3v) is 3.83. The van der Waals surface area contributed by atoms with E-state index in [9.17, 15) is 21.6 Å². The van der Waals surface area contributed by atoms with Crippen LogP contribution in [0.3, 0.4) is 0 Å². The topological polar surface area (TPSA) is 61.2 Å². The van der Waals surface area contributed by atoms with Gasteiger partial charge in [0.25, 0.3) is 0 Å². The second kappa shape index (κ2) is 6.06. The van der Waals surface area contributed by atoms with Crippen molar-refractivity contribution in [3.05, 3.63) is 0 Å². The van der Waals surface area contributed by atoms with Crippen LogP contribution in [-0.4, -0.2) is 37.7 Å². The highest BCUT2D eigenvalue weighted by Gasteiger charge is 2.28. The summed E-state index contributed by atoms with van der Waals surface area (Å²) in [6, 6.07) is 1.66. The Morgan fingerprint density at radius 2 is 1.94 bits per heavy atom. The minimum atomic E-state index is -4.35. The van der Waals surface area contributed by atoms with E-state index in [4.69, 9.17) is 5.26 Å². The van der Waals surface area contributed by atoms with E-state index >= 15 is 0 Å². The van der Waals surface area contributed by atoms with Gasteiger partial charge >= 0.3 is 6.18 Å². The van der Waals surface area contributed by atoms with Gasteiger partial charge in [-0.15, -0.1) is 0 Å². The summed E-state index contributed by atoms with van der Waals surface area (Å²) in [6.07, 6.45) is -5.95. The first-order valence-electron chi connectivity index (χ1n) is 4.64. The minimum Gasteiger partial charge on any atom is -0.212 e. The quantitative estimate of drug-likeness (QED) is 0.678. The Morgan fingerprint density at radius 1 is 1.38 bits per heavy atom. The van der Waals surface area contributed by atoms with E-state index in [1.54, 1.807) is 6.07 Å². The number of alkyl halides is 3. The van der Waals surface area contributed by atoms with Crippen molar-refractivity contribution in [1.82, 2.24) is 4.31 Å². The van der Waals surface area contributed by atoms with Crippen molar-refractivity contribution < 1.29 is 21.6 Å². The van der Waals surface area contributed by atoms with E-state index in [1.807, 2.05) is 0 Å². The maximum atomic E-state index is 11.8. The molecule has 0 aliphatic carbocycles. The predicted octanol–water partition coefficient (Wildman–Crippen LogP) is 1.50. The summed E-state index contributed by atoms with van der Waals surface area (Å²) in [4.78, 5) is 0. The predicted molar refractivity (Wildman–Crippen MR) is 51.9 cm³/mol. The molecular weight excluding hydrogens is 245 g/mol. The molecule has 0 heterocycles. The zero-order valence-electron chi connectivity index (χ0n) is 8.79. The maximum Gasteiger partial charge on any atom is 0.389 e. The molecule has 8 heteroatoms. The molecule has 0 saturated heterocycles. The first-order valence-corrected chi connectivity index (χ1v) is 6.25. The van der Waals surface area contributed by atoms with Gasteiger partial charge in [-0.05, 0) is 6.42 Å². The van der Waals surface area contributed by atoms with Crippen LogP contribution in [0.2, 0.25) is 0 Å². The second-order valence-electron chi connectivity index (χ2n) is 3.12. The van der Waals surface area contributed by atoms with Gasteiger partial charge in [-0.25, -0.2) is 8.42 Å². The van der Waals surface area contributed by atoms with Crippen LogP contribution in [0.15, 0.2) is 0 Å². The van der Waals surface area contributed by atoms with Crippen LogP contribution in [0.25, 0.3) is 0 Å². The lowest BCUT2D eigenvalue weighted by molar-refractivity contribution is -0.134. The van der Waals surface area contributed by atoms with E-state index in [0.717, 1.165) is 4.31 Å². The van der Waals surface area contributed by atoms with Crippen molar-refractivity contribution in [1.29, 1.82) is 5.26 Å². The van der Waals surface area contributed by atoms with Crippen LogP contribution >= 0.6 is 0 Å². The van der Waals surface area contributed by atoms with Gasteiger partial charge in [-0.1, -0.05) is 6.92 Å². The number of nitriles is 1. The highest BCUT2D eigenvalue weighted by Crippen LogP contribution is 2.21. The Kier molecular flexibility index (Phi) is 5.75. The average Bonchev–Trinajstić information content (AvgIpc) is 2.11. The number of hydrogen-bond acceptors (Lipinski definition) is 3. The molecule has 0 radical (unpaired) electrons. The van der Waals surface area contributed by atoms with Gasteiger partial charge in [0.1, 0.15) is 6.54 Å². The van der Waals surface area contributed by atoms with Gasteiger partial charge in [0.05, 0.1) is 11.8 Å². The van der Waals surface area contributed by atoms with Gasteiger partial charge in [-0.2, -0.15) is 22.7 Å². The van der Waals surface area contributed by atoms with Crippen molar-refractivity contribution in [2.24, 2.45) is 0 Å². The number of nitrogens with zero attached hydrogens (tertiary/aromatic N) is 2. The third-order valence-electron chi connectivity index (χ3n) is 1.86. The second-order valence-corrected chi connectivity index (χ2v) is 5.21. The zero-order chi connectivity index (χ0) is 12.8. The standard InChI is InChI=1S/C8H13F3N2O2S/c1-2-13(6-5-12)16(14,15)7-3-4-8(9,10)11/h2-4,6-7H2,1H3. The molecule has 0 saturated carbocycles. The maximum absolute atomic E-state index is 11.8. The molecule has 0 bridgehead atoms. The van der Waals surface area contributed by atoms with Crippen molar-refractivity contribution in [2.45, 2.75) is 25.9 Å². The van der Waals surface area contributed by atoms with Crippen LogP contribution < -0.4 is 0 Å². The highest BCUT2D eigenvalue weighted by molar-refractivity contribution is 7.89. The summed E-state index contributed by atoms with van der Waals surface area (Å²) in [7, 11) is -3.75. The molecule has 94 valence electrons. The summed E-state index contributed by atoms with van der Waals surface area (Å²) in [5.41, 5.74) is 0. The molecule has 0 aromatic heterocycles. The molecule has 0 aromatic carbocycles. The van der Waals surface area contributed by atoms with Gasteiger partial charge in [-0.3, -0.25) is 0 Å². The molecule has 0 atom stereocenters. The van der Waals surface area contributed by atoms with Crippen LogP contribution in [-0.2, 0) is 10.0 Å². The van der Waals surface area contributed by atoms with Crippen LogP contribution in [0.4, 0.5) is 13.2 Å². The fourth-order valence-corrected chi connectivity index (χ4v) is 2.48. The van der Waals surface area contributed by atoms with Gasteiger partial charge in [0, 0.05) is 13.0 Å². The van der Waals surface area contributed by atoms with Crippen molar-refractivity contribution in [3.8, 4) is 6.07 Å². The monoisotopic (exact) mass is 258 g/mol. The molecule has 0 unspecified atom stereocenters. The number of sulfonamides is 1. The number of hydrogen-bond donors (Lipinski definition) is 0. The minimum absolute atomic E-state index is 0.0852. The zero-order valence-corrected chi connectivity index (χ0v) is 9.61. The van der Waals surface area contributed by atoms with E-state index in [2.05, 4.69) is 0 Å². The van der Waals surface area contributed by atoms with Crippen molar-refractivity contribution >= 4 is 10.0 Å². The lowest BCUT2D eigenvalue weighted by Gasteiger charge is -2.17. The molecule has 4 nitrogen and oxygen atoms in total. The Bertz CT molecular complexity index is 345. The molecule has 0 spiro atoms. The fourth-order valence-electron chi connectivity index (χ4n) is 1.07. The lowest BCUT2D eigenvalue weighted by atomic mass is 10.3. The van der Waals surface area contributed by atoms with Crippen molar-refractivity contribution in [2.75, 3.05) is 18.8 Å². The fraction of sp³-hybridized carbons (Fsp3) is 0.875. The molecule has 0 aliphatic heterocycles. The third kappa shape index (κ3) is 5.92. The smallest absolute Gasteiger partial charge is 0.212 e. The van der Waals surface area contributed by atoms with Gasteiger partial charge in [0.15, 0.2) is 0 Å². The Hall–Kier alpha value is -0.810. The summed E-state index contributed by atoms with van der Waals surface area (Å²) in [5.74, 6) is -0.581. The largest absolute Gasteiger partial charge is 0.389 e. The lowest BCUT2D eigenvalue weighted by Crippen LogP contribution is -2.33. The summed E-state index contributed by atoms with van der Waals surface area (Å²) >= 11 is 0. The Balaban J connectivity index is 4.30. The number of halogens is 3. The van der Waals surface area contributed by atoms with Crippen LogP contribution in [0.5, 0.6) is 0 Å². The van der Waals surface area contributed by atoms with Crippen molar-refractivity contribution in [3.63, 3.8) is 0 Å². The Morgan fingerprint density at radius 3 is 2.31 bits per heavy atom. The average molecular weight is 258 g/mol. The number of rotatable bonds is 6. The van der Waals surface area contributed by atoms with E-state index in [-0.39, 0.29) is 13.1 Å². The molecule has 0 aliphatic rings.